The molecule has 1 amide bonds. The van der Waals surface area contributed by atoms with Gasteiger partial charge in [0.05, 0.1) is 12.8 Å². The first-order chi connectivity index (χ1) is 11.9. The Morgan fingerprint density at radius 1 is 1.08 bits per heavy atom. The van der Waals surface area contributed by atoms with Gasteiger partial charge in [0.25, 0.3) is 0 Å². The summed E-state index contributed by atoms with van der Waals surface area (Å²) in [7, 11) is -3.29. The van der Waals surface area contributed by atoms with Crippen LogP contribution in [0.1, 0.15) is 11.1 Å². The fraction of sp³-hybridized carbons (Fsp3) is 0.105. The summed E-state index contributed by atoms with van der Waals surface area (Å²) in [6.07, 6.45) is 4.14. The van der Waals surface area contributed by atoms with Gasteiger partial charge < -0.3 is 5.32 Å². The SMILES string of the molecule is CS(=O)(=O)Nc1ccc(/C=C/C(=O)NCC#Cc2ccccc2)cc1. The van der Waals surface area contributed by atoms with Crippen LogP contribution in [0.2, 0.25) is 0 Å². The summed E-state index contributed by atoms with van der Waals surface area (Å²) >= 11 is 0. The summed E-state index contributed by atoms with van der Waals surface area (Å²) in [5.74, 6) is 5.58. The largest absolute Gasteiger partial charge is 0.342 e. The van der Waals surface area contributed by atoms with Gasteiger partial charge in [-0.25, -0.2) is 8.42 Å². The van der Waals surface area contributed by atoms with E-state index in [1.54, 1.807) is 30.3 Å². The Labute approximate surface area is 147 Å². The van der Waals surface area contributed by atoms with Gasteiger partial charge in [0, 0.05) is 17.3 Å². The molecule has 2 aromatic rings. The van der Waals surface area contributed by atoms with Crippen molar-refractivity contribution in [3.05, 3.63) is 71.8 Å². The molecule has 2 rings (SSSR count). The number of anilines is 1. The molecule has 0 saturated heterocycles. The average molecular weight is 354 g/mol. The van der Waals surface area contributed by atoms with Gasteiger partial charge in [-0.1, -0.05) is 42.2 Å². The molecule has 0 aliphatic rings. The van der Waals surface area contributed by atoms with Gasteiger partial charge in [0.1, 0.15) is 0 Å². The van der Waals surface area contributed by atoms with Crippen LogP contribution in [0.5, 0.6) is 0 Å². The Morgan fingerprint density at radius 3 is 2.40 bits per heavy atom. The van der Waals surface area contributed by atoms with E-state index in [9.17, 15) is 13.2 Å². The van der Waals surface area contributed by atoms with E-state index in [-0.39, 0.29) is 12.5 Å². The number of amides is 1. The van der Waals surface area contributed by atoms with Crippen molar-refractivity contribution in [2.75, 3.05) is 17.5 Å². The van der Waals surface area contributed by atoms with Gasteiger partial charge in [-0.3, -0.25) is 9.52 Å². The Morgan fingerprint density at radius 2 is 1.76 bits per heavy atom. The average Bonchev–Trinajstić information content (AvgIpc) is 2.58. The van der Waals surface area contributed by atoms with Crippen molar-refractivity contribution in [2.45, 2.75) is 0 Å². The zero-order valence-corrected chi connectivity index (χ0v) is 14.5. The number of rotatable bonds is 5. The van der Waals surface area contributed by atoms with Crippen LogP contribution in [0.25, 0.3) is 6.08 Å². The predicted molar refractivity (Wildman–Crippen MR) is 100 cm³/mol. The Kier molecular flexibility index (Phi) is 6.38. The highest BCUT2D eigenvalue weighted by atomic mass is 32.2. The van der Waals surface area contributed by atoms with E-state index in [0.717, 1.165) is 17.4 Å². The summed E-state index contributed by atoms with van der Waals surface area (Å²) in [5.41, 5.74) is 2.15. The second-order valence-corrected chi connectivity index (χ2v) is 6.96. The van der Waals surface area contributed by atoms with Gasteiger partial charge in [-0.2, -0.15) is 0 Å². The molecule has 2 N–H and O–H groups in total. The first-order valence-electron chi connectivity index (χ1n) is 7.50. The zero-order valence-electron chi connectivity index (χ0n) is 13.7. The second-order valence-electron chi connectivity index (χ2n) is 5.22. The fourth-order valence-electron chi connectivity index (χ4n) is 1.91. The third-order valence-corrected chi connectivity index (χ3v) is 3.61. The maximum absolute atomic E-state index is 11.7. The number of carbonyl (C=O) groups is 1. The molecular formula is C19H18N2O3S. The van der Waals surface area contributed by atoms with Gasteiger partial charge in [-0.05, 0) is 35.9 Å². The van der Waals surface area contributed by atoms with Gasteiger partial charge in [0.15, 0.2) is 0 Å². The third kappa shape index (κ3) is 7.38. The molecule has 0 aromatic heterocycles. The number of benzene rings is 2. The van der Waals surface area contributed by atoms with Crippen molar-refractivity contribution < 1.29 is 13.2 Å². The molecule has 0 bridgehead atoms. The molecule has 5 nitrogen and oxygen atoms in total. The molecule has 25 heavy (non-hydrogen) atoms. The number of hydrogen-bond acceptors (Lipinski definition) is 3. The van der Waals surface area contributed by atoms with E-state index in [4.69, 9.17) is 0 Å². The molecule has 6 heteroatoms. The van der Waals surface area contributed by atoms with Crippen LogP contribution in [0, 0.1) is 11.8 Å². The molecule has 0 spiro atoms. The second kappa shape index (κ2) is 8.71. The maximum atomic E-state index is 11.7. The smallest absolute Gasteiger partial charge is 0.244 e. The van der Waals surface area contributed by atoms with Crippen molar-refractivity contribution in [1.82, 2.24) is 5.32 Å². The van der Waals surface area contributed by atoms with Crippen LogP contribution < -0.4 is 10.0 Å². The number of carbonyl (C=O) groups excluding carboxylic acids is 1. The lowest BCUT2D eigenvalue weighted by Gasteiger charge is -2.03. The van der Waals surface area contributed by atoms with Crippen molar-refractivity contribution >= 4 is 27.7 Å². The van der Waals surface area contributed by atoms with Crippen LogP contribution in [-0.4, -0.2) is 27.1 Å². The van der Waals surface area contributed by atoms with Crippen molar-refractivity contribution in [3.63, 3.8) is 0 Å². The van der Waals surface area contributed by atoms with Crippen LogP contribution in [0.4, 0.5) is 5.69 Å². The Balaban J connectivity index is 1.83. The summed E-state index contributed by atoms with van der Waals surface area (Å²) < 4.78 is 24.6. The number of hydrogen-bond donors (Lipinski definition) is 2. The maximum Gasteiger partial charge on any atom is 0.244 e. The molecule has 0 unspecified atom stereocenters. The predicted octanol–water partition coefficient (Wildman–Crippen LogP) is 2.24. The molecule has 0 radical (unpaired) electrons. The Bertz CT molecular complexity index is 907. The molecule has 2 aromatic carbocycles. The summed E-state index contributed by atoms with van der Waals surface area (Å²) in [4.78, 5) is 11.7. The van der Waals surface area contributed by atoms with Crippen molar-refractivity contribution in [3.8, 4) is 11.8 Å². The van der Waals surface area contributed by atoms with E-state index in [1.165, 1.54) is 6.08 Å². The highest BCUT2D eigenvalue weighted by molar-refractivity contribution is 7.92. The summed E-state index contributed by atoms with van der Waals surface area (Å²) in [6.45, 7) is 0.259. The van der Waals surface area contributed by atoms with Crippen LogP contribution in [0.15, 0.2) is 60.7 Å². The minimum atomic E-state index is -3.29. The van der Waals surface area contributed by atoms with Gasteiger partial charge >= 0.3 is 0 Å². The van der Waals surface area contributed by atoms with Crippen molar-refractivity contribution in [2.24, 2.45) is 0 Å². The molecule has 0 fully saturated rings. The zero-order chi connectivity index (χ0) is 18.1. The minimum Gasteiger partial charge on any atom is -0.342 e. The standard InChI is InChI=1S/C19H18N2O3S/c1-25(23,24)21-18-12-9-17(10-13-18)11-14-19(22)20-15-5-8-16-6-3-2-4-7-16/h2-4,6-7,9-14,21H,15H2,1H3,(H,20,22)/b14-11+. The summed E-state index contributed by atoms with van der Waals surface area (Å²) in [6, 6.07) is 16.2. The first-order valence-corrected chi connectivity index (χ1v) is 9.39. The lowest BCUT2D eigenvalue weighted by atomic mass is 10.2. The summed E-state index contributed by atoms with van der Waals surface area (Å²) in [5, 5.41) is 2.67. The van der Waals surface area contributed by atoms with E-state index in [0.29, 0.717) is 5.69 Å². The van der Waals surface area contributed by atoms with Gasteiger partial charge in [-0.15, -0.1) is 0 Å². The Hall–Kier alpha value is -3.04. The molecule has 0 aliphatic carbocycles. The highest BCUT2D eigenvalue weighted by Crippen LogP contribution is 2.11. The van der Waals surface area contributed by atoms with E-state index in [1.807, 2.05) is 30.3 Å². The lowest BCUT2D eigenvalue weighted by Crippen LogP contribution is -2.20. The monoisotopic (exact) mass is 354 g/mol. The van der Waals surface area contributed by atoms with E-state index < -0.39 is 10.0 Å². The topological polar surface area (TPSA) is 75.3 Å². The van der Waals surface area contributed by atoms with E-state index >= 15 is 0 Å². The molecule has 0 heterocycles. The number of sulfonamides is 1. The quantitative estimate of drug-likeness (QED) is 0.639. The molecule has 0 aliphatic heterocycles. The van der Waals surface area contributed by atoms with E-state index in [2.05, 4.69) is 21.9 Å². The van der Waals surface area contributed by atoms with Gasteiger partial charge in [0.2, 0.25) is 15.9 Å². The number of nitrogens with one attached hydrogen (secondary N) is 2. The molecular weight excluding hydrogens is 336 g/mol. The molecule has 0 atom stereocenters. The minimum absolute atomic E-state index is 0.249. The van der Waals surface area contributed by atoms with Crippen LogP contribution >= 0.6 is 0 Å². The van der Waals surface area contributed by atoms with Crippen LogP contribution in [0.3, 0.4) is 0 Å². The molecule has 128 valence electrons. The first kappa shape index (κ1) is 18.3. The van der Waals surface area contributed by atoms with Crippen molar-refractivity contribution in [1.29, 1.82) is 0 Å². The third-order valence-electron chi connectivity index (χ3n) is 3.00. The fourth-order valence-corrected chi connectivity index (χ4v) is 2.47. The normalized spacial score (nSPS) is 10.8. The lowest BCUT2D eigenvalue weighted by molar-refractivity contribution is -0.116. The molecule has 0 saturated carbocycles. The highest BCUT2D eigenvalue weighted by Gasteiger charge is 2.00. The van der Waals surface area contributed by atoms with Crippen LogP contribution in [-0.2, 0) is 14.8 Å².